The van der Waals surface area contributed by atoms with E-state index in [1.54, 1.807) is 0 Å². The second kappa shape index (κ2) is 10.5. The molecule has 0 spiro atoms. The van der Waals surface area contributed by atoms with Gasteiger partial charge in [-0.1, -0.05) is 35.8 Å². The molecule has 0 aliphatic heterocycles. The van der Waals surface area contributed by atoms with Crippen LogP contribution >= 0.6 is 12.2 Å². The maximum absolute atomic E-state index is 14.1. The Hall–Kier alpha value is -4.00. The Kier molecular flexibility index (Phi) is 7.09. The van der Waals surface area contributed by atoms with Crippen molar-refractivity contribution in [1.82, 2.24) is 0 Å². The molecule has 1 fully saturated rings. The number of halogens is 2. The Morgan fingerprint density at radius 1 is 0.727 bits per heavy atom. The molecule has 0 atom stereocenters. The van der Waals surface area contributed by atoms with Gasteiger partial charge >= 0.3 is 0 Å². The third-order valence-corrected chi connectivity index (χ3v) is 5.18. The molecule has 158 valence electrons. The summed E-state index contributed by atoms with van der Waals surface area (Å²) in [7, 11) is 0. The third-order valence-electron chi connectivity index (χ3n) is 5.09. The highest BCUT2D eigenvalue weighted by Crippen LogP contribution is 2.32. The molecule has 33 heavy (non-hydrogen) atoms. The second-order valence-electron chi connectivity index (χ2n) is 7.68. The standard InChI is InChI=1S/C29H17F2NS/c30-28-18-26(19-29(31)27(28)15-16-32-20-33)14-9-22-4-1-21(2-5-22)3-6-23-7-10-24(11-8-23)17-25-12-13-25/h1-2,4-5,7-8,10-11,18-19,25H,12-13,17H2. The van der Waals surface area contributed by atoms with E-state index in [2.05, 4.69) is 77.1 Å². The smallest absolute Gasteiger partial charge is 0.143 e. The average Bonchev–Trinajstić information content (AvgIpc) is 3.64. The minimum absolute atomic E-state index is 0.211. The lowest BCUT2D eigenvalue weighted by atomic mass is 10.1. The van der Waals surface area contributed by atoms with E-state index in [9.17, 15) is 8.78 Å². The van der Waals surface area contributed by atoms with Crippen molar-refractivity contribution in [3.63, 3.8) is 0 Å². The van der Waals surface area contributed by atoms with Crippen LogP contribution in [0.5, 0.6) is 0 Å². The van der Waals surface area contributed by atoms with Crippen molar-refractivity contribution in [1.29, 1.82) is 0 Å². The van der Waals surface area contributed by atoms with Crippen molar-refractivity contribution in [3.8, 4) is 35.6 Å². The summed E-state index contributed by atoms with van der Waals surface area (Å²) < 4.78 is 28.2. The molecular formula is C29H17F2NS. The van der Waals surface area contributed by atoms with E-state index in [1.165, 1.54) is 18.4 Å². The van der Waals surface area contributed by atoms with E-state index in [0.29, 0.717) is 5.56 Å². The Bertz CT molecular complexity index is 1390. The van der Waals surface area contributed by atoms with Crippen LogP contribution in [0.25, 0.3) is 0 Å². The zero-order valence-electron chi connectivity index (χ0n) is 17.6. The molecule has 0 unspecified atom stereocenters. The first kappa shape index (κ1) is 22.2. The third kappa shape index (κ3) is 6.49. The number of rotatable bonds is 2. The maximum atomic E-state index is 14.1. The van der Waals surface area contributed by atoms with Crippen LogP contribution in [-0.4, -0.2) is 5.16 Å². The van der Waals surface area contributed by atoms with Gasteiger partial charge in [-0.3, -0.25) is 0 Å². The first-order valence-electron chi connectivity index (χ1n) is 10.4. The highest BCUT2D eigenvalue weighted by atomic mass is 32.1. The predicted octanol–water partition coefficient (Wildman–Crippen LogP) is 6.13. The van der Waals surface area contributed by atoms with Crippen molar-refractivity contribution in [2.45, 2.75) is 19.3 Å². The van der Waals surface area contributed by atoms with Gasteiger partial charge in [-0.2, -0.15) is 0 Å². The Balaban J connectivity index is 1.43. The predicted molar refractivity (Wildman–Crippen MR) is 130 cm³/mol. The van der Waals surface area contributed by atoms with Crippen LogP contribution in [0.15, 0.2) is 65.7 Å². The Morgan fingerprint density at radius 3 is 1.70 bits per heavy atom. The van der Waals surface area contributed by atoms with Crippen LogP contribution in [0.1, 0.15) is 46.2 Å². The average molecular weight is 450 g/mol. The van der Waals surface area contributed by atoms with Crippen molar-refractivity contribution >= 4 is 17.4 Å². The van der Waals surface area contributed by atoms with Crippen molar-refractivity contribution in [2.75, 3.05) is 0 Å². The molecule has 1 aliphatic carbocycles. The highest BCUT2D eigenvalue weighted by Gasteiger charge is 2.21. The summed E-state index contributed by atoms with van der Waals surface area (Å²) in [5.41, 5.74) is 3.75. The van der Waals surface area contributed by atoms with E-state index in [-0.39, 0.29) is 11.1 Å². The van der Waals surface area contributed by atoms with Gasteiger partial charge in [0.2, 0.25) is 0 Å². The summed E-state index contributed by atoms with van der Waals surface area (Å²) in [6.07, 6.45) is 3.86. The van der Waals surface area contributed by atoms with E-state index in [4.69, 9.17) is 0 Å². The van der Waals surface area contributed by atoms with Gasteiger partial charge in [-0.05, 0) is 97.4 Å². The highest BCUT2D eigenvalue weighted by molar-refractivity contribution is 7.78. The molecule has 0 aromatic heterocycles. The van der Waals surface area contributed by atoms with Crippen LogP contribution < -0.4 is 0 Å². The fraction of sp³-hybridized carbons (Fsp3) is 0.138. The molecule has 4 rings (SSSR count). The summed E-state index contributed by atoms with van der Waals surface area (Å²) in [5.74, 6) is 13.5. The fourth-order valence-corrected chi connectivity index (χ4v) is 3.22. The second-order valence-corrected chi connectivity index (χ2v) is 7.86. The molecule has 0 bridgehead atoms. The molecule has 1 saturated carbocycles. The molecule has 1 nitrogen and oxygen atoms in total. The quantitative estimate of drug-likeness (QED) is 0.261. The Morgan fingerprint density at radius 2 is 1.21 bits per heavy atom. The monoisotopic (exact) mass is 449 g/mol. The van der Waals surface area contributed by atoms with Gasteiger partial charge in [0.15, 0.2) is 0 Å². The first-order chi connectivity index (χ1) is 16.1. The van der Waals surface area contributed by atoms with E-state index in [0.717, 1.165) is 35.6 Å². The van der Waals surface area contributed by atoms with E-state index < -0.39 is 11.6 Å². The summed E-state index contributed by atoms with van der Waals surface area (Å²) in [6, 6.07) is 20.3. The lowest BCUT2D eigenvalue weighted by Gasteiger charge is -1.99. The van der Waals surface area contributed by atoms with Gasteiger partial charge in [-0.25, -0.2) is 8.78 Å². The number of nitrogens with zero attached hydrogens (tertiary/aromatic N) is 1. The van der Waals surface area contributed by atoms with Gasteiger partial charge in [-0.15, -0.1) is 4.99 Å². The molecule has 1 aliphatic rings. The van der Waals surface area contributed by atoms with Gasteiger partial charge < -0.3 is 0 Å². The number of benzene rings is 3. The minimum Gasteiger partial charge on any atom is -0.205 e. The maximum Gasteiger partial charge on any atom is 0.143 e. The molecule has 0 saturated heterocycles. The van der Waals surface area contributed by atoms with Crippen LogP contribution in [0.3, 0.4) is 0 Å². The van der Waals surface area contributed by atoms with Gasteiger partial charge in [0, 0.05) is 22.3 Å². The molecule has 0 radical (unpaired) electrons. The summed E-state index contributed by atoms with van der Waals surface area (Å²) in [6.45, 7) is 0. The SMILES string of the molecule is Fc1cc(C#Cc2ccc(C#Cc3ccc(CC4CC4)cc3)cc2)cc(F)c1C#CN=C=S. The van der Waals surface area contributed by atoms with Crippen LogP contribution in [-0.2, 0) is 6.42 Å². The zero-order valence-corrected chi connectivity index (χ0v) is 18.4. The van der Waals surface area contributed by atoms with E-state index in [1.807, 2.05) is 29.4 Å². The molecule has 3 aromatic rings. The number of isothiocyanates is 1. The lowest BCUT2D eigenvalue weighted by Crippen LogP contribution is -1.92. The van der Waals surface area contributed by atoms with Gasteiger partial charge in [0.1, 0.15) is 11.6 Å². The molecular weight excluding hydrogens is 432 g/mol. The number of hydrogen-bond acceptors (Lipinski definition) is 2. The zero-order chi connectivity index (χ0) is 23.0. The number of aliphatic imine (C=N–C) groups is 1. The first-order valence-corrected chi connectivity index (χ1v) is 10.8. The lowest BCUT2D eigenvalue weighted by molar-refractivity contribution is 0.577. The molecule has 3 aromatic carbocycles. The molecule has 0 heterocycles. The van der Waals surface area contributed by atoms with Crippen molar-refractivity contribution < 1.29 is 8.78 Å². The van der Waals surface area contributed by atoms with Gasteiger partial charge in [0.05, 0.1) is 16.8 Å². The van der Waals surface area contributed by atoms with Crippen LogP contribution in [0.2, 0.25) is 0 Å². The Labute approximate surface area is 197 Å². The van der Waals surface area contributed by atoms with Crippen molar-refractivity contribution in [3.05, 3.63) is 106 Å². The minimum atomic E-state index is -0.808. The topological polar surface area (TPSA) is 12.4 Å². The van der Waals surface area contributed by atoms with Crippen molar-refractivity contribution in [2.24, 2.45) is 10.9 Å². The summed E-state index contributed by atoms with van der Waals surface area (Å²) >= 11 is 4.36. The van der Waals surface area contributed by atoms with Gasteiger partial charge in [0.25, 0.3) is 0 Å². The normalized spacial score (nSPS) is 11.6. The summed E-state index contributed by atoms with van der Waals surface area (Å²) in [4.78, 5) is 3.33. The molecule has 0 N–H and O–H groups in total. The number of thiocarbonyl (C=S) groups is 1. The van der Waals surface area contributed by atoms with E-state index >= 15 is 0 Å². The molecule has 4 heteroatoms. The number of hydrogen-bond donors (Lipinski definition) is 0. The van der Waals surface area contributed by atoms with Crippen LogP contribution in [0, 0.1) is 53.2 Å². The molecule has 0 amide bonds. The van der Waals surface area contributed by atoms with Crippen LogP contribution in [0.4, 0.5) is 8.78 Å². The summed E-state index contributed by atoms with van der Waals surface area (Å²) in [5, 5.41) is 2.02. The fourth-order valence-electron chi connectivity index (χ4n) is 3.18. The largest absolute Gasteiger partial charge is 0.205 e.